The van der Waals surface area contributed by atoms with Gasteiger partial charge in [-0.1, -0.05) is 18.2 Å². The van der Waals surface area contributed by atoms with Crippen LogP contribution in [-0.2, 0) is 0 Å². The minimum Gasteiger partial charge on any atom is -0.298 e. The average molecular weight is 208 g/mol. The molecule has 3 nitrogen and oxygen atoms in total. The van der Waals surface area contributed by atoms with Crippen LogP contribution >= 0.6 is 0 Å². The fourth-order valence-electron chi connectivity index (χ4n) is 1.52. The van der Waals surface area contributed by atoms with Crippen LogP contribution in [0.5, 0.6) is 0 Å². The van der Waals surface area contributed by atoms with Gasteiger partial charge in [0.15, 0.2) is 6.29 Å². The van der Waals surface area contributed by atoms with E-state index in [1.54, 1.807) is 36.5 Å². The maximum Gasteiger partial charge on any atom is 0.152 e. The Labute approximate surface area is 93.0 Å². The van der Waals surface area contributed by atoms with E-state index in [1.807, 2.05) is 6.07 Å². The first-order chi connectivity index (χ1) is 7.86. The van der Waals surface area contributed by atoms with Crippen LogP contribution in [0.15, 0.2) is 42.6 Å². The number of aldehydes is 1. The van der Waals surface area contributed by atoms with Gasteiger partial charge in [0, 0.05) is 17.3 Å². The van der Waals surface area contributed by atoms with Gasteiger partial charge in [-0.3, -0.25) is 9.78 Å². The van der Waals surface area contributed by atoms with Crippen molar-refractivity contribution in [1.82, 2.24) is 4.98 Å². The highest BCUT2D eigenvalue weighted by Gasteiger charge is 2.09. The first-order valence-electron chi connectivity index (χ1n) is 4.76. The maximum absolute atomic E-state index is 10.9. The van der Waals surface area contributed by atoms with E-state index in [0.29, 0.717) is 22.4 Å². The summed E-state index contributed by atoms with van der Waals surface area (Å²) in [4.78, 5) is 15.0. The molecule has 0 spiro atoms. The van der Waals surface area contributed by atoms with Gasteiger partial charge in [-0.05, 0) is 18.2 Å². The fraction of sp³-hybridized carbons (Fsp3) is 0. The lowest BCUT2D eigenvalue weighted by atomic mass is 10.0. The summed E-state index contributed by atoms with van der Waals surface area (Å²) in [6.45, 7) is 0. The maximum atomic E-state index is 10.9. The van der Waals surface area contributed by atoms with Gasteiger partial charge in [0.2, 0.25) is 0 Å². The summed E-state index contributed by atoms with van der Waals surface area (Å²) < 4.78 is 0. The second kappa shape index (κ2) is 4.37. The SMILES string of the molecule is N#Cc1ccccc1-c1ncccc1C=O. The highest BCUT2D eigenvalue weighted by molar-refractivity contribution is 5.86. The van der Waals surface area contributed by atoms with Crippen molar-refractivity contribution in [3.8, 4) is 17.3 Å². The second-order valence-electron chi connectivity index (χ2n) is 3.22. The zero-order valence-corrected chi connectivity index (χ0v) is 8.42. The smallest absolute Gasteiger partial charge is 0.152 e. The van der Waals surface area contributed by atoms with Crippen molar-refractivity contribution in [3.05, 3.63) is 53.7 Å². The van der Waals surface area contributed by atoms with Crippen molar-refractivity contribution >= 4 is 6.29 Å². The molecule has 0 aliphatic carbocycles. The fourth-order valence-corrected chi connectivity index (χ4v) is 1.52. The van der Waals surface area contributed by atoms with Crippen LogP contribution in [0, 0.1) is 11.3 Å². The lowest BCUT2D eigenvalue weighted by molar-refractivity contribution is 0.112. The highest BCUT2D eigenvalue weighted by atomic mass is 16.1. The van der Waals surface area contributed by atoms with Crippen molar-refractivity contribution in [2.24, 2.45) is 0 Å². The molecule has 1 aromatic heterocycles. The third-order valence-electron chi connectivity index (χ3n) is 2.27. The number of nitriles is 1. The minimum atomic E-state index is 0.491. The summed E-state index contributed by atoms with van der Waals surface area (Å²) in [6.07, 6.45) is 2.35. The Bertz CT molecular complexity index is 570. The van der Waals surface area contributed by atoms with E-state index in [9.17, 15) is 4.79 Å². The van der Waals surface area contributed by atoms with Crippen LogP contribution in [0.1, 0.15) is 15.9 Å². The molecule has 0 amide bonds. The van der Waals surface area contributed by atoms with Crippen LogP contribution in [0.25, 0.3) is 11.3 Å². The predicted octanol–water partition coefficient (Wildman–Crippen LogP) is 2.43. The molecule has 16 heavy (non-hydrogen) atoms. The number of rotatable bonds is 2. The van der Waals surface area contributed by atoms with Gasteiger partial charge < -0.3 is 0 Å². The van der Waals surface area contributed by atoms with Gasteiger partial charge in [0.1, 0.15) is 0 Å². The molecule has 76 valence electrons. The quantitative estimate of drug-likeness (QED) is 0.712. The molecule has 1 heterocycles. The van der Waals surface area contributed by atoms with Crippen molar-refractivity contribution in [3.63, 3.8) is 0 Å². The molecule has 0 aliphatic rings. The van der Waals surface area contributed by atoms with Gasteiger partial charge in [0.05, 0.1) is 17.3 Å². The number of pyridine rings is 1. The molecule has 3 heteroatoms. The first-order valence-corrected chi connectivity index (χ1v) is 4.76. The molecule has 2 rings (SSSR count). The molecule has 0 N–H and O–H groups in total. The van der Waals surface area contributed by atoms with Gasteiger partial charge in [0.25, 0.3) is 0 Å². The van der Waals surface area contributed by atoms with Gasteiger partial charge in [-0.15, -0.1) is 0 Å². The summed E-state index contributed by atoms with van der Waals surface area (Å²) in [6, 6.07) is 12.6. The number of benzene rings is 1. The molecule has 2 aromatic rings. The first kappa shape index (κ1) is 10.1. The standard InChI is InChI=1S/C13H8N2O/c14-8-10-4-1-2-6-12(10)13-11(9-16)5-3-7-15-13/h1-7,9H. The highest BCUT2D eigenvalue weighted by Crippen LogP contribution is 2.23. The molecule has 0 bridgehead atoms. The van der Waals surface area contributed by atoms with Crippen molar-refractivity contribution in [2.75, 3.05) is 0 Å². The molecule has 0 fully saturated rings. The Kier molecular flexibility index (Phi) is 2.75. The number of carbonyl (C=O) groups is 1. The molecular formula is C13H8N2O. The predicted molar refractivity (Wildman–Crippen MR) is 59.8 cm³/mol. The van der Waals surface area contributed by atoms with Crippen molar-refractivity contribution in [1.29, 1.82) is 5.26 Å². The molecule has 0 saturated carbocycles. The van der Waals surface area contributed by atoms with Crippen LogP contribution < -0.4 is 0 Å². The molecule has 0 saturated heterocycles. The zero-order valence-electron chi connectivity index (χ0n) is 8.42. The van der Waals surface area contributed by atoms with E-state index in [2.05, 4.69) is 11.1 Å². The van der Waals surface area contributed by atoms with E-state index >= 15 is 0 Å². The average Bonchev–Trinajstić information content (AvgIpc) is 2.38. The summed E-state index contributed by atoms with van der Waals surface area (Å²) >= 11 is 0. The Hall–Kier alpha value is -2.47. The third kappa shape index (κ3) is 1.69. The molecular weight excluding hydrogens is 200 g/mol. The van der Waals surface area contributed by atoms with Gasteiger partial charge in [-0.25, -0.2) is 0 Å². The van der Waals surface area contributed by atoms with Crippen molar-refractivity contribution < 1.29 is 4.79 Å². The van der Waals surface area contributed by atoms with Gasteiger partial charge >= 0.3 is 0 Å². The van der Waals surface area contributed by atoms with E-state index < -0.39 is 0 Å². The van der Waals surface area contributed by atoms with Crippen LogP contribution in [0.4, 0.5) is 0 Å². The number of nitrogens with zero attached hydrogens (tertiary/aromatic N) is 2. The summed E-state index contributed by atoms with van der Waals surface area (Å²) in [7, 11) is 0. The Morgan fingerprint density at radius 2 is 2.00 bits per heavy atom. The van der Waals surface area contributed by atoms with Crippen LogP contribution in [0.2, 0.25) is 0 Å². The lowest BCUT2D eigenvalue weighted by Gasteiger charge is -2.04. The molecule has 0 aliphatic heterocycles. The van der Waals surface area contributed by atoms with Crippen LogP contribution in [0.3, 0.4) is 0 Å². The van der Waals surface area contributed by atoms with E-state index in [4.69, 9.17) is 5.26 Å². The Morgan fingerprint density at radius 1 is 1.19 bits per heavy atom. The summed E-state index contributed by atoms with van der Waals surface area (Å²) in [5.74, 6) is 0. The third-order valence-corrected chi connectivity index (χ3v) is 2.27. The van der Waals surface area contributed by atoms with E-state index in [1.165, 1.54) is 0 Å². The zero-order chi connectivity index (χ0) is 11.4. The monoisotopic (exact) mass is 208 g/mol. The lowest BCUT2D eigenvalue weighted by Crippen LogP contribution is -1.93. The summed E-state index contributed by atoms with van der Waals surface area (Å²) in [5, 5.41) is 8.98. The Morgan fingerprint density at radius 3 is 2.75 bits per heavy atom. The number of aromatic nitrogens is 1. The largest absolute Gasteiger partial charge is 0.298 e. The summed E-state index contributed by atoms with van der Waals surface area (Å²) in [5.41, 5.74) is 2.25. The molecule has 0 unspecified atom stereocenters. The van der Waals surface area contributed by atoms with E-state index in [-0.39, 0.29) is 0 Å². The number of hydrogen-bond donors (Lipinski definition) is 0. The minimum absolute atomic E-state index is 0.491. The molecule has 1 aromatic carbocycles. The molecule has 0 radical (unpaired) electrons. The second-order valence-corrected chi connectivity index (χ2v) is 3.22. The van der Waals surface area contributed by atoms with Crippen LogP contribution in [-0.4, -0.2) is 11.3 Å². The number of hydrogen-bond acceptors (Lipinski definition) is 3. The van der Waals surface area contributed by atoms with E-state index in [0.717, 1.165) is 6.29 Å². The normalized spacial score (nSPS) is 9.44. The van der Waals surface area contributed by atoms with Crippen molar-refractivity contribution in [2.45, 2.75) is 0 Å². The number of carbonyl (C=O) groups excluding carboxylic acids is 1. The van der Waals surface area contributed by atoms with Gasteiger partial charge in [-0.2, -0.15) is 5.26 Å². The molecule has 0 atom stereocenters. The Balaban J connectivity index is 2.68. The topological polar surface area (TPSA) is 53.8 Å².